The first kappa shape index (κ1) is 18.2. The van der Waals surface area contributed by atoms with Crippen molar-refractivity contribution < 1.29 is 9.47 Å². The van der Waals surface area contributed by atoms with Crippen LogP contribution >= 0.6 is 11.6 Å². The maximum absolute atomic E-state index is 6.51. The standard InChI is InChI=1S/C18H29ClO2/c1-6-10-20-16-9-8-15(12-17(16)21-11-7-2)14(5)18(19)13(3)4/h8-9,12-14,18H,6-7,10-11H2,1-5H3. The molecule has 3 heteroatoms. The fourth-order valence-electron chi connectivity index (χ4n) is 2.23. The van der Waals surface area contributed by atoms with Crippen molar-refractivity contribution in [3.63, 3.8) is 0 Å². The predicted molar refractivity (Wildman–Crippen MR) is 90.9 cm³/mol. The van der Waals surface area contributed by atoms with E-state index in [2.05, 4.69) is 46.8 Å². The van der Waals surface area contributed by atoms with E-state index in [4.69, 9.17) is 21.1 Å². The third-order valence-corrected chi connectivity index (χ3v) is 4.41. The smallest absolute Gasteiger partial charge is 0.161 e. The topological polar surface area (TPSA) is 18.5 Å². The Labute approximate surface area is 134 Å². The highest BCUT2D eigenvalue weighted by Gasteiger charge is 2.21. The van der Waals surface area contributed by atoms with Crippen LogP contribution in [0, 0.1) is 5.92 Å². The zero-order chi connectivity index (χ0) is 15.8. The highest BCUT2D eigenvalue weighted by molar-refractivity contribution is 6.21. The van der Waals surface area contributed by atoms with E-state index in [1.807, 2.05) is 6.07 Å². The fourth-order valence-corrected chi connectivity index (χ4v) is 2.37. The van der Waals surface area contributed by atoms with Crippen molar-refractivity contribution in [1.29, 1.82) is 0 Å². The third-order valence-electron chi connectivity index (χ3n) is 3.53. The Morgan fingerprint density at radius 2 is 1.52 bits per heavy atom. The maximum Gasteiger partial charge on any atom is 0.161 e. The van der Waals surface area contributed by atoms with Gasteiger partial charge in [-0.05, 0) is 42.4 Å². The lowest BCUT2D eigenvalue weighted by Gasteiger charge is -2.23. The van der Waals surface area contributed by atoms with Crippen LogP contribution in [0.4, 0.5) is 0 Å². The summed E-state index contributed by atoms with van der Waals surface area (Å²) in [5, 5.41) is 0.117. The Morgan fingerprint density at radius 3 is 2.05 bits per heavy atom. The minimum atomic E-state index is 0.117. The Kier molecular flexibility index (Phi) is 7.95. The van der Waals surface area contributed by atoms with Crippen molar-refractivity contribution in [1.82, 2.24) is 0 Å². The van der Waals surface area contributed by atoms with Crippen molar-refractivity contribution >= 4 is 11.6 Å². The van der Waals surface area contributed by atoms with Crippen molar-refractivity contribution in [2.75, 3.05) is 13.2 Å². The number of hydrogen-bond acceptors (Lipinski definition) is 2. The van der Waals surface area contributed by atoms with Crippen LogP contribution in [-0.4, -0.2) is 18.6 Å². The minimum absolute atomic E-state index is 0.117. The SMILES string of the molecule is CCCOc1ccc(C(C)C(Cl)C(C)C)cc1OCCC. The Morgan fingerprint density at radius 1 is 0.952 bits per heavy atom. The van der Waals surface area contributed by atoms with Crippen molar-refractivity contribution in [3.05, 3.63) is 23.8 Å². The molecule has 1 aromatic rings. The van der Waals surface area contributed by atoms with Gasteiger partial charge in [-0.15, -0.1) is 11.6 Å². The van der Waals surface area contributed by atoms with Crippen LogP contribution in [0.15, 0.2) is 18.2 Å². The molecule has 1 rings (SSSR count). The first-order chi connectivity index (χ1) is 10.0. The molecule has 2 unspecified atom stereocenters. The summed E-state index contributed by atoms with van der Waals surface area (Å²) >= 11 is 6.51. The number of alkyl halides is 1. The van der Waals surface area contributed by atoms with Crippen LogP contribution in [0.3, 0.4) is 0 Å². The summed E-state index contributed by atoms with van der Waals surface area (Å²) in [5.41, 5.74) is 1.21. The molecule has 0 saturated heterocycles. The molecule has 0 spiro atoms. The molecule has 120 valence electrons. The van der Waals surface area contributed by atoms with Gasteiger partial charge in [-0.25, -0.2) is 0 Å². The molecule has 0 N–H and O–H groups in total. The summed E-state index contributed by atoms with van der Waals surface area (Å²) in [6.07, 6.45) is 1.97. The number of hydrogen-bond donors (Lipinski definition) is 0. The number of ether oxygens (including phenoxy) is 2. The second-order valence-corrected chi connectivity index (χ2v) is 6.38. The lowest BCUT2D eigenvalue weighted by atomic mass is 9.91. The molecule has 2 atom stereocenters. The molecule has 21 heavy (non-hydrogen) atoms. The molecular weight excluding hydrogens is 284 g/mol. The molecular formula is C18H29ClO2. The lowest BCUT2D eigenvalue weighted by Crippen LogP contribution is -2.16. The maximum atomic E-state index is 6.51. The van der Waals surface area contributed by atoms with Gasteiger partial charge in [-0.2, -0.15) is 0 Å². The predicted octanol–water partition coefficient (Wildman–Crippen LogP) is 5.63. The summed E-state index contributed by atoms with van der Waals surface area (Å²) < 4.78 is 11.6. The van der Waals surface area contributed by atoms with E-state index >= 15 is 0 Å². The summed E-state index contributed by atoms with van der Waals surface area (Å²) in [5.74, 6) is 2.40. The van der Waals surface area contributed by atoms with Gasteiger partial charge in [0.2, 0.25) is 0 Å². The molecule has 0 saturated carbocycles. The highest BCUT2D eigenvalue weighted by Crippen LogP contribution is 2.35. The summed E-state index contributed by atoms with van der Waals surface area (Å²) in [7, 11) is 0. The molecule has 0 radical (unpaired) electrons. The van der Waals surface area contributed by atoms with Gasteiger partial charge in [0.25, 0.3) is 0 Å². The zero-order valence-corrected chi connectivity index (χ0v) is 14.7. The first-order valence-electron chi connectivity index (χ1n) is 8.04. The van der Waals surface area contributed by atoms with Crippen molar-refractivity contribution in [2.45, 2.75) is 58.8 Å². The fraction of sp³-hybridized carbons (Fsp3) is 0.667. The molecule has 0 aliphatic carbocycles. The van der Waals surface area contributed by atoms with Gasteiger partial charge in [0.05, 0.1) is 13.2 Å². The number of halogens is 1. The summed E-state index contributed by atoms with van der Waals surface area (Å²) in [6, 6.07) is 6.20. The molecule has 0 bridgehead atoms. The quantitative estimate of drug-likeness (QED) is 0.550. The van der Waals surface area contributed by atoms with Gasteiger partial charge in [-0.3, -0.25) is 0 Å². The summed E-state index contributed by atoms with van der Waals surface area (Å²) in [4.78, 5) is 0. The molecule has 1 aromatic carbocycles. The molecule has 0 aromatic heterocycles. The molecule has 0 aliphatic heterocycles. The normalized spacial score (nSPS) is 14.0. The Hall–Kier alpha value is -0.890. The first-order valence-corrected chi connectivity index (χ1v) is 8.48. The highest BCUT2D eigenvalue weighted by atomic mass is 35.5. The van der Waals surface area contributed by atoms with E-state index in [-0.39, 0.29) is 11.3 Å². The molecule has 0 heterocycles. The molecule has 2 nitrogen and oxygen atoms in total. The molecule has 0 fully saturated rings. The van der Waals surface area contributed by atoms with Crippen LogP contribution < -0.4 is 9.47 Å². The van der Waals surface area contributed by atoms with Gasteiger partial charge in [-0.1, -0.05) is 40.7 Å². The second kappa shape index (κ2) is 9.19. The van der Waals surface area contributed by atoms with E-state index in [1.54, 1.807) is 0 Å². The zero-order valence-electron chi connectivity index (χ0n) is 14.0. The van der Waals surface area contributed by atoms with Gasteiger partial charge in [0.15, 0.2) is 11.5 Å². The average molecular weight is 313 g/mol. The molecule has 0 amide bonds. The van der Waals surface area contributed by atoms with Crippen LogP contribution in [-0.2, 0) is 0 Å². The van der Waals surface area contributed by atoms with Crippen LogP contribution in [0.1, 0.15) is 58.9 Å². The van der Waals surface area contributed by atoms with Crippen molar-refractivity contribution in [3.8, 4) is 11.5 Å². The number of rotatable bonds is 9. The van der Waals surface area contributed by atoms with Crippen LogP contribution in [0.25, 0.3) is 0 Å². The van der Waals surface area contributed by atoms with E-state index in [0.717, 1.165) is 24.3 Å². The Balaban J connectivity index is 2.96. The van der Waals surface area contributed by atoms with Gasteiger partial charge in [0.1, 0.15) is 0 Å². The van der Waals surface area contributed by atoms with E-state index < -0.39 is 0 Å². The largest absolute Gasteiger partial charge is 0.490 e. The van der Waals surface area contributed by atoms with Gasteiger partial charge >= 0.3 is 0 Å². The summed E-state index contributed by atoms with van der Waals surface area (Å²) in [6.45, 7) is 12.1. The average Bonchev–Trinajstić information content (AvgIpc) is 2.49. The van der Waals surface area contributed by atoms with Crippen molar-refractivity contribution in [2.24, 2.45) is 5.92 Å². The van der Waals surface area contributed by atoms with Crippen LogP contribution in [0.5, 0.6) is 11.5 Å². The van der Waals surface area contributed by atoms with Crippen LogP contribution in [0.2, 0.25) is 0 Å². The van der Waals surface area contributed by atoms with E-state index in [9.17, 15) is 0 Å². The van der Waals surface area contributed by atoms with Gasteiger partial charge in [0, 0.05) is 5.38 Å². The third kappa shape index (κ3) is 5.43. The van der Waals surface area contributed by atoms with E-state index in [0.29, 0.717) is 19.1 Å². The second-order valence-electron chi connectivity index (χ2n) is 5.88. The minimum Gasteiger partial charge on any atom is -0.490 e. The lowest BCUT2D eigenvalue weighted by molar-refractivity contribution is 0.268. The number of benzene rings is 1. The monoisotopic (exact) mass is 312 g/mol. The van der Waals surface area contributed by atoms with E-state index in [1.165, 1.54) is 5.56 Å². The molecule has 0 aliphatic rings. The van der Waals surface area contributed by atoms with Gasteiger partial charge < -0.3 is 9.47 Å². The Bertz CT molecular complexity index is 418.